The number of carbonyl (C=O) groups excluding carboxylic acids is 2. The summed E-state index contributed by atoms with van der Waals surface area (Å²) in [5, 5.41) is 0.535. The molecule has 1 atom stereocenters. The smallest absolute Gasteiger partial charge is 0.387 e. The number of anilines is 1. The van der Waals surface area contributed by atoms with Crippen LogP contribution in [-0.4, -0.2) is 40.8 Å². The van der Waals surface area contributed by atoms with Gasteiger partial charge in [0.1, 0.15) is 17.2 Å². The van der Waals surface area contributed by atoms with Crippen LogP contribution in [0.5, 0.6) is 11.5 Å². The number of amidine groups is 1. The van der Waals surface area contributed by atoms with E-state index in [-0.39, 0.29) is 17.2 Å². The van der Waals surface area contributed by atoms with Crippen molar-refractivity contribution < 1.29 is 27.8 Å². The van der Waals surface area contributed by atoms with Crippen LogP contribution >= 0.6 is 11.8 Å². The predicted molar refractivity (Wildman–Crippen MR) is 153 cm³/mol. The lowest BCUT2D eigenvalue weighted by Crippen LogP contribution is -2.32. The maximum Gasteiger partial charge on any atom is 0.387 e. The molecule has 0 saturated heterocycles. The van der Waals surface area contributed by atoms with Crippen molar-refractivity contribution in [3.05, 3.63) is 95.3 Å². The van der Waals surface area contributed by atoms with Crippen LogP contribution in [0.4, 0.5) is 14.5 Å². The molecular weight excluding hydrogens is 536 g/mol. The molecule has 2 heterocycles. The number of rotatable bonds is 8. The van der Waals surface area contributed by atoms with Gasteiger partial charge in [-0.05, 0) is 68.0 Å². The lowest BCUT2D eigenvalue weighted by molar-refractivity contribution is -0.113. The summed E-state index contributed by atoms with van der Waals surface area (Å²) in [7, 11) is 1.57. The summed E-state index contributed by atoms with van der Waals surface area (Å²) in [5.74, 6) is 0.114. The second kappa shape index (κ2) is 11.4. The zero-order chi connectivity index (χ0) is 28.4. The number of hydrogen-bond acceptors (Lipinski definition) is 6. The Morgan fingerprint density at radius 2 is 1.70 bits per heavy atom. The van der Waals surface area contributed by atoms with Gasteiger partial charge in [0.15, 0.2) is 11.0 Å². The van der Waals surface area contributed by atoms with Gasteiger partial charge in [-0.25, -0.2) is 4.99 Å². The quantitative estimate of drug-likeness (QED) is 0.188. The van der Waals surface area contributed by atoms with E-state index in [1.807, 2.05) is 31.2 Å². The first-order chi connectivity index (χ1) is 19.2. The van der Waals surface area contributed by atoms with Gasteiger partial charge < -0.3 is 14.5 Å². The van der Waals surface area contributed by atoms with Crippen molar-refractivity contribution in [3.63, 3.8) is 0 Å². The molecule has 0 fully saturated rings. The van der Waals surface area contributed by atoms with Gasteiger partial charge in [0.2, 0.25) is 0 Å². The number of ketones is 1. The van der Waals surface area contributed by atoms with E-state index in [4.69, 9.17) is 4.74 Å². The Balaban J connectivity index is 1.48. The monoisotopic (exact) mass is 561 g/mol. The lowest BCUT2D eigenvalue weighted by Gasteiger charge is -2.20. The number of aryl methyl sites for hydroxylation is 1. The van der Waals surface area contributed by atoms with E-state index in [9.17, 15) is 18.4 Å². The van der Waals surface area contributed by atoms with Crippen molar-refractivity contribution in [2.24, 2.45) is 4.99 Å². The van der Waals surface area contributed by atoms with Crippen molar-refractivity contribution in [2.75, 3.05) is 12.0 Å². The van der Waals surface area contributed by atoms with E-state index >= 15 is 0 Å². The highest BCUT2D eigenvalue weighted by atomic mass is 32.2. The van der Waals surface area contributed by atoms with Gasteiger partial charge in [0.05, 0.1) is 18.0 Å². The first-order valence-electron chi connectivity index (χ1n) is 12.4. The van der Waals surface area contributed by atoms with Crippen molar-refractivity contribution in [1.29, 1.82) is 0 Å². The number of hydrogen-bond donors (Lipinski definition) is 1. The summed E-state index contributed by atoms with van der Waals surface area (Å²) in [6.45, 7) is 0.655. The highest BCUT2D eigenvalue weighted by molar-refractivity contribution is 8.15. The number of aliphatic imine (C=N–C) groups is 1. The molecule has 1 unspecified atom stereocenters. The number of thioether (sulfide) groups is 1. The molecule has 0 aliphatic carbocycles. The van der Waals surface area contributed by atoms with Gasteiger partial charge in [0.25, 0.3) is 5.91 Å². The zero-order valence-corrected chi connectivity index (χ0v) is 22.7. The summed E-state index contributed by atoms with van der Waals surface area (Å²) in [5.41, 5.74) is 3.52. The predicted octanol–water partition coefficient (Wildman–Crippen LogP) is 6.83. The number of carbonyl (C=O) groups is 2. The van der Waals surface area contributed by atoms with Crippen molar-refractivity contribution in [1.82, 2.24) is 4.98 Å². The zero-order valence-electron chi connectivity index (χ0n) is 21.9. The molecule has 0 spiro atoms. The average molecular weight is 562 g/mol. The molecular formula is C30H25F2N3O4S. The van der Waals surface area contributed by atoms with E-state index in [0.29, 0.717) is 22.2 Å². The summed E-state index contributed by atoms with van der Waals surface area (Å²) in [4.78, 5) is 36.4. The minimum atomic E-state index is -2.97. The summed E-state index contributed by atoms with van der Waals surface area (Å²) >= 11 is 1.15. The Morgan fingerprint density at radius 1 is 1.02 bits per heavy atom. The number of aromatic nitrogens is 1. The first kappa shape index (κ1) is 27.1. The summed E-state index contributed by atoms with van der Waals surface area (Å²) < 4.78 is 35.0. The van der Waals surface area contributed by atoms with Crippen LogP contribution < -0.4 is 14.4 Å². The standard InChI is InChI=1S/C30H25F2N3O4S/c1-17-26(23-6-4-5-7-24(23)33-17)27(36)18(2)40-30-34-25(16-19-8-12-21(38-3)13-9-19)28(37)35(30)20-10-14-22(15-11-20)39-29(31)32/h4-16,18,29,33H,1-3H3/b25-16-. The number of ether oxygens (including phenoxy) is 2. The molecule has 1 aliphatic heterocycles. The van der Waals surface area contributed by atoms with E-state index in [1.165, 1.54) is 29.2 Å². The van der Waals surface area contributed by atoms with Crippen molar-refractivity contribution in [3.8, 4) is 11.5 Å². The fourth-order valence-electron chi connectivity index (χ4n) is 4.45. The number of alkyl halides is 2. The molecule has 1 N–H and O–H groups in total. The normalized spacial score (nSPS) is 15.2. The molecule has 0 bridgehead atoms. The highest BCUT2D eigenvalue weighted by Gasteiger charge is 2.35. The number of benzene rings is 3. The highest BCUT2D eigenvalue weighted by Crippen LogP contribution is 2.34. The molecule has 10 heteroatoms. The molecule has 1 aromatic heterocycles. The Labute approximate surface area is 233 Å². The number of Topliss-reactive ketones (excluding diaryl/α,β-unsaturated/α-hetero) is 1. The maximum atomic E-state index is 13.6. The minimum Gasteiger partial charge on any atom is -0.497 e. The van der Waals surface area contributed by atoms with Gasteiger partial charge in [-0.2, -0.15) is 8.78 Å². The van der Waals surface area contributed by atoms with Crippen LogP contribution in [0.25, 0.3) is 17.0 Å². The topological polar surface area (TPSA) is 84.0 Å². The molecule has 4 aromatic rings. The van der Waals surface area contributed by atoms with Gasteiger partial charge in [0, 0.05) is 22.2 Å². The Hall–Kier alpha value is -4.44. The third-order valence-electron chi connectivity index (χ3n) is 6.36. The second-order valence-electron chi connectivity index (χ2n) is 9.00. The molecule has 1 amide bonds. The van der Waals surface area contributed by atoms with Gasteiger partial charge in [-0.3, -0.25) is 14.5 Å². The van der Waals surface area contributed by atoms with Gasteiger partial charge >= 0.3 is 6.61 Å². The van der Waals surface area contributed by atoms with E-state index < -0.39 is 17.8 Å². The molecule has 1 aliphatic rings. The average Bonchev–Trinajstić information content (AvgIpc) is 3.43. The van der Waals surface area contributed by atoms with Crippen LogP contribution in [0.1, 0.15) is 28.5 Å². The third kappa shape index (κ3) is 5.48. The largest absolute Gasteiger partial charge is 0.497 e. The molecule has 5 rings (SSSR count). The molecule has 0 saturated carbocycles. The molecule has 7 nitrogen and oxygen atoms in total. The number of nitrogens with one attached hydrogen (secondary N) is 1. The molecule has 3 aromatic carbocycles. The maximum absolute atomic E-state index is 13.6. The number of para-hydroxylation sites is 1. The molecule has 40 heavy (non-hydrogen) atoms. The Kier molecular flexibility index (Phi) is 7.70. The number of aromatic amines is 1. The fraction of sp³-hybridized carbons (Fsp3) is 0.167. The molecule has 0 radical (unpaired) electrons. The van der Waals surface area contributed by atoms with E-state index in [1.54, 1.807) is 44.4 Å². The fourth-order valence-corrected chi connectivity index (χ4v) is 5.43. The number of halogens is 2. The van der Waals surface area contributed by atoms with Crippen molar-refractivity contribution in [2.45, 2.75) is 25.7 Å². The van der Waals surface area contributed by atoms with Crippen LogP contribution in [0.3, 0.4) is 0 Å². The molecule has 204 valence electrons. The minimum absolute atomic E-state index is 0.0381. The number of nitrogens with zero attached hydrogens (tertiary/aromatic N) is 2. The second-order valence-corrected chi connectivity index (χ2v) is 10.3. The summed E-state index contributed by atoms with van der Waals surface area (Å²) in [6.07, 6.45) is 1.65. The van der Waals surface area contributed by atoms with E-state index in [2.05, 4.69) is 14.7 Å². The van der Waals surface area contributed by atoms with Crippen LogP contribution in [0, 0.1) is 6.92 Å². The number of fused-ring (bicyclic) bond motifs is 1. The van der Waals surface area contributed by atoms with E-state index in [0.717, 1.165) is 33.9 Å². The number of amides is 1. The Bertz CT molecular complexity index is 1630. The van der Waals surface area contributed by atoms with Crippen molar-refractivity contribution >= 4 is 51.3 Å². The SMILES string of the molecule is COc1ccc(/C=C2\N=C(SC(C)C(=O)c3c(C)[nH]c4ccccc34)N(c3ccc(OC(F)F)cc3)C2=O)cc1. The van der Waals surface area contributed by atoms with Crippen LogP contribution in [-0.2, 0) is 4.79 Å². The first-order valence-corrected chi connectivity index (χ1v) is 13.2. The number of H-pyrrole nitrogens is 1. The third-order valence-corrected chi connectivity index (χ3v) is 7.41. The van der Waals surface area contributed by atoms with Crippen LogP contribution in [0.15, 0.2) is 83.5 Å². The Morgan fingerprint density at radius 3 is 2.38 bits per heavy atom. The lowest BCUT2D eigenvalue weighted by atomic mass is 10.1. The van der Waals surface area contributed by atoms with Gasteiger partial charge in [-0.15, -0.1) is 0 Å². The summed E-state index contributed by atoms with van der Waals surface area (Å²) in [6, 6.07) is 20.4. The van der Waals surface area contributed by atoms with Crippen LogP contribution in [0.2, 0.25) is 0 Å². The number of methoxy groups -OCH3 is 1. The van der Waals surface area contributed by atoms with Gasteiger partial charge in [-0.1, -0.05) is 42.1 Å².